The highest BCUT2D eigenvalue weighted by molar-refractivity contribution is 5.63. The Balaban J connectivity index is 2.25. The van der Waals surface area contributed by atoms with Crippen LogP contribution in [0.2, 0.25) is 0 Å². The molecule has 0 unspecified atom stereocenters. The van der Waals surface area contributed by atoms with Crippen molar-refractivity contribution in [3.8, 4) is 29.6 Å². The molecule has 0 saturated carbocycles. The van der Waals surface area contributed by atoms with Crippen molar-refractivity contribution in [2.75, 3.05) is 5.32 Å². The first kappa shape index (κ1) is 12.7. The molecule has 2 rings (SSSR count). The lowest BCUT2D eigenvalue weighted by Crippen LogP contribution is -2.00. The Morgan fingerprint density at radius 3 is 2.25 bits per heavy atom. The van der Waals surface area contributed by atoms with Crippen LogP contribution >= 0.6 is 0 Å². The lowest BCUT2D eigenvalue weighted by molar-refractivity contribution is 0.881. The van der Waals surface area contributed by atoms with Crippen LogP contribution in [0, 0.1) is 34.0 Å². The van der Waals surface area contributed by atoms with Gasteiger partial charge in [-0.05, 0) is 29.5 Å². The van der Waals surface area contributed by atoms with Gasteiger partial charge in [-0.25, -0.2) is 0 Å². The molecule has 2 N–H and O–H groups in total. The minimum Gasteiger partial charge on any atom is -0.345 e. The lowest BCUT2D eigenvalue weighted by atomic mass is 10.2. The molecular weight excluding hydrogens is 256 g/mol. The Morgan fingerprint density at radius 2 is 1.75 bits per heavy atom. The molecule has 0 atom stereocenters. The number of H-pyrrole nitrogens is 1. The second-order valence-electron chi connectivity index (χ2n) is 3.52. The zero-order valence-electron chi connectivity index (χ0n) is 9.99. The monoisotopic (exact) mass is 262 g/mol. The largest absolute Gasteiger partial charge is 0.345 e. The standard InChI is InChI=1S/C12H6N8/c13-5-9(6-14)11(7-15)16-10-3-1-8(2-4-10)12-17-19-20-18-12/h1-4,16H,(H,17,18,19,20). The van der Waals surface area contributed by atoms with Crippen LogP contribution in [0.4, 0.5) is 5.69 Å². The van der Waals surface area contributed by atoms with Crippen molar-refractivity contribution >= 4 is 5.69 Å². The quantitative estimate of drug-likeness (QED) is 0.789. The summed E-state index contributed by atoms with van der Waals surface area (Å²) in [4.78, 5) is 0. The van der Waals surface area contributed by atoms with Crippen molar-refractivity contribution in [1.29, 1.82) is 15.8 Å². The third-order valence-electron chi connectivity index (χ3n) is 2.34. The predicted octanol–water partition coefficient (Wildman–Crippen LogP) is 1.10. The molecule has 1 aromatic heterocycles. The highest BCUT2D eigenvalue weighted by atomic mass is 15.5. The summed E-state index contributed by atoms with van der Waals surface area (Å²) < 4.78 is 0. The van der Waals surface area contributed by atoms with Gasteiger partial charge in [0.1, 0.15) is 23.9 Å². The number of hydrogen-bond donors (Lipinski definition) is 2. The predicted molar refractivity (Wildman–Crippen MR) is 67.1 cm³/mol. The number of rotatable bonds is 3. The third kappa shape index (κ3) is 2.58. The van der Waals surface area contributed by atoms with Gasteiger partial charge >= 0.3 is 0 Å². The van der Waals surface area contributed by atoms with Gasteiger partial charge in [-0.1, -0.05) is 0 Å². The number of anilines is 1. The van der Waals surface area contributed by atoms with Gasteiger partial charge in [0.05, 0.1) is 0 Å². The van der Waals surface area contributed by atoms with Crippen molar-refractivity contribution in [2.45, 2.75) is 0 Å². The summed E-state index contributed by atoms with van der Waals surface area (Å²) in [6.45, 7) is 0. The highest BCUT2D eigenvalue weighted by Crippen LogP contribution is 2.18. The number of nitrogens with one attached hydrogen (secondary N) is 2. The Hall–Kier alpha value is -3.70. The normalized spacial score (nSPS) is 8.85. The van der Waals surface area contributed by atoms with E-state index in [2.05, 4.69) is 25.9 Å². The summed E-state index contributed by atoms with van der Waals surface area (Å²) in [5, 5.41) is 42.5. The van der Waals surface area contributed by atoms with Gasteiger partial charge in [0.15, 0.2) is 5.57 Å². The van der Waals surface area contributed by atoms with Crippen LogP contribution in [0.15, 0.2) is 35.5 Å². The van der Waals surface area contributed by atoms with Crippen LogP contribution in [0.5, 0.6) is 0 Å². The number of nitrogens with zero attached hydrogens (tertiary/aromatic N) is 6. The summed E-state index contributed by atoms with van der Waals surface area (Å²) in [6, 6.07) is 11.9. The molecule has 8 heteroatoms. The Labute approximate surface area is 113 Å². The highest BCUT2D eigenvalue weighted by Gasteiger charge is 2.07. The molecule has 0 aliphatic rings. The van der Waals surface area contributed by atoms with E-state index in [4.69, 9.17) is 15.8 Å². The molecule has 1 aromatic carbocycles. The van der Waals surface area contributed by atoms with Gasteiger partial charge in [0.2, 0.25) is 5.82 Å². The van der Waals surface area contributed by atoms with Gasteiger partial charge < -0.3 is 5.32 Å². The zero-order valence-corrected chi connectivity index (χ0v) is 9.99. The SMILES string of the molecule is N#CC(C#N)=C(C#N)Nc1ccc(-c2nn[nH]n2)cc1. The van der Waals surface area contributed by atoms with Crippen LogP contribution in [0.3, 0.4) is 0 Å². The molecule has 0 aliphatic carbocycles. The number of aromatic amines is 1. The summed E-state index contributed by atoms with van der Waals surface area (Å²) in [7, 11) is 0. The van der Waals surface area contributed by atoms with Crippen LogP contribution < -0.4 is 5.32 Å². The van der Waals surface area contributed by atoms with Gasteiger partial charge in [-0.15, -0.1) is 10.2 Å². The first-order chi connectivity index (χ1) is 9.78. The fourth-order valence-corrected chi connectivity index (χ4v) is 1.41. The summed E-state index contributed by atoms with van der Waals surface area (Å²) >= 11 is 0. The van der Waals surface area contributed by atoms with E-state index in [0.717, 1.165) is 5.56 Å². The number of nitriles is 3. The molecule has 0 spiro atoms. The Bertz CT molecular complexity index is 734. The Kier molecular flexibility index (Phi) is 3.67. The average molecular weight is 262 g/mol. The van der Waals surface area contributed by atoms with Crippen molar-refractivity contribution in [3.63, 3.8) is 0 Å². The maximum Gasteiger partial charge on any atom is 0.204 e. The molecule has 0 radical (unpaired) electrons. The van der Waals surface area contributed by atoms with Gasteiger partial charge in [0, 0.05) is 11.3 Å². The van der Waals surface area contributed by atoms with Crippen molar-refractivity contribution in [1.82, 2.24) is 20.6 Å². The summed E-state index contributed by atoms with van der Waals surface area (Å²) in [5.74, 6) is 0.447. The van der Waals surface area contributed by atoms with Gasteiger partial charge in [-0.2, -0.15) is 21.0 Å². The fourth-order valence-electron chi connectivity index (χ4n) is 1.41. The second-order valence-corrected chi connectivity index (χ2v) is 3.52. The number of allylic oxidation sites excluding steroid dienone is 2. The lowest BCUT2D eigenvalue weighted by Gasteiger charge is -2.04. The van der Waals surface area contributed by atoms with Crippen LogP contribution in [-0.2, 0) is 0 Å². The maximum atomic E-state index is 8.92. The fraction of sp³-hybridized carbons (Fsp3) is 0. The minimum atomic E-state index is -0.269. The smallest absolute Gasteiger partial charge is 0.204 e. The van der Waals surface area contributed by atoms with E-state index in [0.29, 0.717) is 11.5 Å². The topological polar surface area (TPSA) is 138 Å². The first-order valence-electron chi connectivity index (χ1n) is 5.34. The molecule has 0 aliphatic heterocycles. The van der Waals surface area contributed by atoms with Crippen LogP contribution in [0.25, 0.3) is 11.4 Å². The van der Waals surface area contributed by atoms with Crippen molar-refractivity contribution in [3.05, 3.63) is 35.5 Å². The molecule has 8 nitrogen and oxygen atoms in total. The number of benzene rings is 1. The van der Waals surface area contributed by atoms with E-state index < -0.39 is 0 Å². The molecule has 20 heavy (non-hydrogen) atoms. The van der Waals surface area contributed by atoms with Gasteiger partial charge in [0.25, 0.3) is 0 Å². The molecule has 1 heterocycles. The molecule has 0 fully saturated rings. The van der Waals surface area contributed by atoms with Gasteiger partial charge in [-0.3, -0.25) is 0 Å². The van der Waals surface area contributed by atoms with Crippen molar-refractivity contribution in [2.24, 2.45) is 0 Å². The molecule has 0 amide bonds. The van der Waals surface area contributed by atoms with Crippen molar-refractivity contribution < 1.29 is 0 Å². The van der Waals surface area contributed by atoms with E-state index >= 15 is 0 Å². The molecular formula is C12H6N8. The number of hydrogen-bond acceptors (Lipinski definition) is 7. The molecule has 2 aromatic rings. The third-order valence-corrected chi connectivity index (χ3v) is 2.34. The van der Waals surface area contributed by atoms with E-state index in [1.54, 1.807) is 42.5 Å². The van der Waals surface area contributed by atoms with E-state index in [-0.39, 0.29) is 11.3 Å². The second kappa shape index (κ2) is 5.76. The minimum absolute atomic E-state index is 0.0951. The van der Waals surface area contributed by atoms with E-state index in [1.807, 2.05) is 0 Å². The zero-order chi connectivity index (χ0) is 14.4. The maximum absolute atomic E-state index is 8.92. The molecule has 0 bridgehead atoms. The number of tetrazole rings is 1. The molecule has 94 valence electrons. The first-order valence-corrected chi connectivity index (χ1v) is 5.34. The summed E-state index contributed by atoms with van der Waals surface area (Å²) in [5.41, 5.74) is 0.946. The average Bonchev–Trinajstić information content (AvgIpc) is 3.02. The molecule has 0 saturated heterocycles. The Morgan fingerprint density at radius 1 is 1.05 bits per heavy atom. The summed E-state index contributed by atoms with van der Waals surface area (Å²) in [6.07, 6.45) is 0. The number of aromatic nitrogens is 4. The van der Waals surface area contributed by atoms with E-state index in [9.17, 15) is 0 Å². The van der Waals surface area contributed by atoms with E-state index in [1.165, 1.54) is 0 Å². The van der Waals surface area contributed by atoms with Crippen LogP contribution in [0.1, 0.15) is 0 Å². The van der Waals surface area contributed by atoms with Crippen LogP contribution in [-0.4, -0.2) is 20.6 Å².